The van der Waals surface area contributed by atoms with Gasteiger partial charge in [-0.05, 0) is 0 Å². The standard InChI is InChI=1S/C2H8N2.HNO2/c3-1-2-4;2-1-3/h1-4H2;(H,2,3). The van der Waals surface area contributed by atoms with E-state index in [0.29, 0.717) is 13.1 Å². The number of nitrogens with two attached hydrogens (primary N) is 2. The average molecular weight is 107 g/mol. The van der Waals surface area contributed by atoms with Gasteiger partial charge in [0.15, 0.2) is 5.34 Å². The first kappa shape index (κ1) is 9.58. The third-order valence-corrected chi connectivity index (χ3v) is 0.167. The van der Waals surface area contributed by atoms with Crippen molar-refractivity contribution in [2.45, 2.75) is 0 Å². The lowest BCUT2D eigenvalue weighted by Crippen LogP contribution is -2.11. The smallest absolute Gasteiger partial charge is 0.152 e. The van der Waals surface area contributed by atoms with Crippen LogP contribution in [0.1, 0.15) is 0 Å². The van der Waals surface area contributed by atoms with Crippen LogP contribution in [0.2, 0.25) is 0 Å². The van der Waals surface area contributed by atoms with E-state index in [1.807, 2.05) is 0 Å². The molecule has 5 N–H and O–H groups in total. The molecule has 0 bridgehead atoms. The Balaban J connectivity index is 0. The molecule has 0 saturated carbocycles. The zero-order valence-electron chi connectivity index (χ0n) is 3.87. The van der Waals surface area contributed by atoms with E-state index in [1.54, 1.807) is 0 Å². The van der Waals surface area contributed by atoms with E-state index in [-0.39, 0.29) is 0 Å². The van der Waals surface area contributed by atoms with E-state index in [2.05, 4.69) is 0 Å². The summed E-state index contributed by atoms with van der Waals surface area (Å²) in [6.07, 6.45) is 0. The molecule has 0 rings (SSSR count). The van der Waals surface area contributed by atoms with E-state index < -0.39 is 0 Å². The van der Waals surface area contributed by atoms with E-state index in [9.17, 15) is 0 Å². The molecule has 0 radical (unpaired) electrons. The van der Waals surface area contributed by atoms with Gasteiger partial charge in [0.2, 0.25) is 0 Å². The van der Waals surface area contributed by atoms with Gasteiger partial charge in [0, 0.05) is 13.1 Å². The van der Waals surface area contributed by atoms with Gasteiger partial charge in [0.05, 0.1) is 0 Å². The van der Waals surface area contributed by atoms with Gasteiger partial charge in [0.1, 0.15) is 0 Å². The molecule has 0 aliphatic rings. The Kier molecular flexibility index (Phi) is 25.3. The summed E-state index contributed by atoms with van der Waals surface area (Å²) in [4.78, 5) is 8.11. The van der Waals surface area contributed by atoms with E-state index >= 15 is 0 Å². The van der Waals surface area contributed by atoms with Gasteiger partial charge in [-0.2, -0.15) is 0 Å². The molecule has 44 valence electrons. The lowest BCUT2D eigenvalue weighted by molar-refractivity contribution is 0.312. The monoisotopic (exact) mass is 107 g/mol. The summed E-state index contributed by atoms with van der Waals surface area (Å²) in [7, 11) is 0. The SMILES string of the molecule is NCCN.O=NO. The molecule has 0 aromatic carbocycles. The van der Waals surface area contributed by atoms with Crippen LogP contribution in [-0.4, -0.2) is 18.3 Å². The molecular weight excluding hydrogens is 98.0 g/mol. The van der Waals surface area contributed by atoms with Crippen LogP contribution in [0.4, 0.5) is 0 Å². The van der Waals surface area contributed by atoms with E-state index in [4.69, 9.17) is 21.6 Å². The molecule has 0 unspecified atom stereocenters. The summed E-state index contributed by atoms with van der Waals surface area (Å²) in [5.41, 5.74) is 9.81. The molecule has 0 heterocycles. The molecule has 0 aromatic heterocycles. The second-order valence-electron chi connectivity index (χ2n) is 0.659. The highest BCUT2D eigenvalue weighted by molar-refractivity contribution is 4.26. The van der Waals surface area contributed by atoms with Crippen LogP contribution in [0.3, 0.4) is 0 Å². The van der Waals surface area contributed by atoms with Crippen molar-refractivity contribution >= 4 is 0 Å². The molecule has 0 saturated heterocycles. The summed E-state index contributed by atoms with van der Waals surface area (Å²) in [6, 6.07) is 0. The second kappa shape index (κ2) is 18.4. The van der Waals surface area contributed by atoms with Crippen molar-refractivity contribution in [1.29, 1.82) is 0 Å². The van der Waals surface area contributed by atoms with Crippen molar-refractivity contribution < 1.29 is 5.21 Å². The molecular formula is C2H9N3O2. The van der Waals surface area contributed by atoms with Crippen LogP contribution >= 0.6 is 0 Å². The van der Waals surface area contributed by atoms with Gasteiger partial charge >= 0.3 is 0 Å². The number of nitrogens with zero attached hydrogens (tertiary/aromatic N) is 1. The Bertz CT molecular complexity index is 30.1. The molecule has 5 heteroatoms. The van der Waals surface area contributed by atoms with Crippen molar-refractivity contribution in [2.24, 2.45) is 16.8 Å². The zero-order chi connectivity index (χ0) is 6.12. The highest BCUT2D eigenvalue weighted by Crippen LogP contribution is 1.25. The minimum Gasteiger partial charge on any atom is -0.379 e. The maximum Gasteiger partial charge on any atom is 0.152 e. The highest BCUT2D eigenvalue weighted by atomic mass is 16.6. The second-order valence-corrected chi connectivity index (χ2v) is 0.659. The molecule has 0 aromatic rings. The lowest BCUT2D eigenvalue weighted by Gasteiger charge is -1.72. The van der Waals surface area contributed by atoms with E-state index in [1.165, 1.54) is 5.34 Å². The molecule has 0 aliphatic heterocycles. The molecule has 0 spiro atoms. The highest BCUT2D eigenvalue weighted by Gasteiger charge is 1.54. The van der Waals surface area contributed by atoms with Crippen LogP contribution in [0.25, 0.3) is 0 Å². The summed E-state index contributed by atoms with van der Waals surface area (Å²) < 4.78 is 0. The Morgan fingerprint density at radius 1 is 1.43 bits per heavy atom. The fourth-order valence-electron chi connectivity index (χ4n) is 0. The van der Waals surface area contributed by atoms with Crippen LogP contribution in [0.15, 0.2) is 5.34 Å². The van der Waals surface area contributed by atoms with Gasteiger partial charge in [-0.25, -0.2) is 0 Å². The van der Waals surface area contributed by atoms with E-state index in [0.717, 1.165) is 0 Å². The first-order valence-electron chi connectivity index (χ1n) is 1.70. The largest absolute Gasteiger partial charge is 0.379 e. The molecule has 5 nitrogen and oxygen atoms in total. The number of hydrogen-bond acceptors (Lipinski definition) is 4. The Labute approximate surface area is 41.2 Å². The fourth-order valence-corrected chi connectivity index (χ4v) is 0. The van der Waals surface area contributed by atoms with Crippen molar-refractivity contribution in [3.05, 3.63) is 4.91 Å². The zero-order valence-corrected chi connectivity index (χ0v) is 3.87. The Morgan fingerprint density at radius 2 is 1.57 bits per heavy atom. The van der Waals surface area contributed by atoms with Crippen LogP contribution in [0, 0.1) is 4.91 Å². The maximum atomic E-state index is 8.11. The average Bonchev–Trinajstić information content (AvgIpc) is 1.69. The maximum absolute atomic E-state index is 8.11. The summed E-state index contributed by atoms with van der Waals surface area (Å²) in [5.74, 6) is 0. The summed E-state index contributed by atoms with van der Waals surface area (Å²) in [6.45, 7) is 1.19. The third kappa shape index (κ3) is 573. The lowest BCUT2D eigenvalue weighted by atomic mass is 10.7. The Morgan fingerprint density at radius 3 is 1.57 bits per heavy atom. The van der Waals surface area contributed by atoms with Gasteiger partial charge in [0.25, 0.3) is 0 Å². The molecule has 0 fully saturated rings. The first-order valence-corrected chi connectivity index (χ1v) is 1.70. The van der Waals surface area contributed by atoms with Crippen LogP contribution in [0.5, 0.6) is 0 Å². The van der Waals surface area contributed by atoms with Gasteiger partial charge in [-0.15, -0.1) is 4.91 Å². The Hall–Kier alpha value is -0.680. The third-order valence-electron chi connectivity index (χ3n) is 0.167. The minimum atomic E-state index is 0.597. The summed E-state index contributed by atoms with van der Waals surface area (Å²) >= 11 is 0. The quantitative estimate of drug-likeness (QED) is 0.297. The van der Waals surface area contributed by atoms with Crippen molar-refractivity contribution in [2.75, 3.05) is 13.1 Å². The molecule has 0 atom stereocenters. The van der Waals surface area contributed by atoms with Crippen LogP contribution in [-0.2, 0) is 0 Å². The summed E-state index contributed by atoms with van der Waals surface area (Å²) in [5, 5.41) is 7.89. The minimum absolute atomic E-state index is 0.597. The predicted octanol–water partition coefficient (Wildman–Crippen LogP) is -0.954. The predicted molar refractivity (Wildman–Crippen MR) is 25.7 cm³/mol. The first-order chi connectivity index (χ1) is 3.33. The van der Waals surface area contributed by atoms with Crippen LogP contribution < -0.4 is 11.5 Å². The molecule has 0 aliphatic carbocycles. The van der Waals surface area contributed by atoms with Gasteiger partial charge in [-0.3, -0.25) is 0 Å². The van der Waals surface area contributed by atoms with Crippen molar-refractivity contribution in [1.82, 2.24) is 0 Å². The van der Waals surface area contributed by atoms with Crippen molar-refractivity contribution in [3.63, 3.8) is 0 Å². The molecule has 0 amide bonds. The normalized spacial score (nSPS) is 6.00. The van der Waals surface area contributed by atoms with Crippen molar-refractivity contribution in [3.8, 4) is 0 Å². The van der Waals surface area contributed by atoms with Gasteiger partial charge in [-0.1, -0.05) is 0 Å². The topological polar surface area (TPSA) is 102 Å². The number of hydrogen-bond donors (Lipinski definition) is 3. The fraction of sp³-hybridized carbons (Fsp3) is 1.00. The van der Waals surface area contributed by atoms with Gasteiger partial charge < -0.3 is 16.7 Å². The number of rotatable bonds is 1. The molecule has 7 heavy (non-hydrogen) atoms.